The third kappa shape index (κ3) is 3.71. The average molecular weight is 273 g/mol. The number of carbonyl (C=O) groups is 1. The van der Waals surface area contributed by atoms with Gasteiger partial charge in [0.05, 0.1) is 12.1 Å². The van der Waals surface area contributed by atoms with Gasteiger partial charge in [0.25, 0.3) is 0 Å². The van der Waals surface area contributed by atoms with Crippen LogP contribution in [0, 0.1) is 0 Å². The molecule has 0 saturated heterocycles. The minimum atomic E-state index is -0.896. The summed E-state index contributed by atoms with van der Waals surface area (Å²) in [6.07, 6.45) is 0.903. The Morgan fingerprint density at radius 2 is 1.75 bits per heavy atom. The molecule has 0 unspecified atom stereocenters. The summed E-state index contributed by atoms with van der Waals surface area (Å²) in [7, 11) is 2.01. The van der Waals surface area contributed by atoms with Crippen LogP contribution >= 0.6 is 0 Å². The van der Waals surface area contributed by atoms with E-state index in [0.29, 0.717) is 5.56 Å². The highest BCUT2D eigenvalue weighted by atomic mass is 16.4. The zero-order valence-electron chi connectivity index (χ0n) is 11.8. The van der Waals surface area contributed by atoms with Gasteiger partial charge in [-0.3, -0.25) is 4.90 Å². The van der Waals surface area contributed by atoms with Gasteiger partial charge < -0.3 is 9.52 Å². The highest BCUT2D eigenvalue weighted by Crippen LogP contribution is 2.13. The molecule has 1 N–H and O–H groups in total. The highest BCUT2D eigenvalue weighted by Gasteiger charge is 2.07. The lowest BCUT2D eigenvalue weighted by Gasteiger charge is -2.15. The number of hydrogen-bond donors (Lipinski definition) is 1. The molecule has 1 aromatic heterocycles. The molecule has 0 amide bonds. The third-order valence-corrected chi connectivity index (χ3v) is 3.14. The number of aromatic carboxylic acids is 1. The Kier molecular flexibility index (Phi) is 4.58. The molecule has 106 valence electrons. The molecule has 2 rings (SSSR count). The summed E-state index contributed by atoms with van der Waals surface area (Å²) in [5.74, 6) is 1.05. The quantitative estimate of drug-likeness (QED) is 0.878. The predicted octanol–water partition coefficient (Wildman–Crippen LogP) is 3.17. The van der Waals surface area contributed by atoms with E-state index in [9.17, 15) is 4.79 Å². The monoisotopic (exact) mass is 273 g/mol. The molecule has 4 nitrogen and oxygen atoms in total. The molecule has 0 atom stereocenters. The molecule has 0 spiro atoms. The van der Waals surface area contributed by atoms with Crippen molar-refractivity contribution in [1.82, 2.24) is 4.90 Å². The first kappa shape index (κ1) is 14.3. The van der Waals surface area contributed by atoms with E-state index in [4.69, 9.17) is 9.52 Å². The summed E-state index contributed by atoms with van der Waals surface area (Å²) in [5.41, 5.74) is 1.40. The molecule has 0 aliphatic carbocycles. The summed E-state index contributed by atoms with van der Waals surface area (Å²) in [4.78, 5) is 12.9. The van der Waals surface area contributed by atoms with Gasteiger partial charge in [-0.1, -0.05) is 19.1 Å². The topological polar surface area (TPSA) is 53.7 Å². The molecule has 20 heavy (non-hydrogen) atoms. The Bertz CT molecular complexity index is 572. The van der Waals surface area contributed by atoms with Gasteiger partial charge in [0, 0.05) is 13.0 Å². The summed E-state index contributed by atoms with van der Waals surface area (Å²) in [6, 6.07) is 11.0. The van der Waals surface area contributed by atoms with E-state index in [2.05, 4.69) is 11.8 Å². The Morgan fingerprint density at radius 3 is 2.30 bits per heavy atom. The maximum absolute atomic E-state index is 10.8. The Hall–Kier alpha value is -2.07. The van der Waals surface area contributed by atoms with E-state index >= 15 is 0 Å². The fourth-order valence-electron chi connectivity index (χ4n) is 2.08. The van der Waals surface area contributed by atoms with Crippen LogP contribution in [0.3, 0.4) is 0 Å². The van der Waals surface area contributed by atoms with Crippen molar-refractivity contribution < 1.29 is 14.3 Å². The number of carboxylic acid groups (broad SMARTS) is 1. The maximum Gasteiger partial charge on any atom is 0.335 e. The largest absolute Gasteiger partial charge is 0.478 e. The van der Waals surface area contributed by atoms with Crippen molar-refractivity contribution >= 4 is 5.97 Å². The van der Waals surface area contributed by atoms with Crippen molar-refractivity contribution in [3.8, 4) is 0 Å². The van der Waals surface area contributed by atoms with Crippen molar-refractivity contribution in [2.24, 2.45) is 0 Å². The van der Waals surface area contributed by atoms with Gasteiger partial charge in [0.2, 0.25) is 0 Å². The smallest absolute Gasteiger partial charge is 0.335 e. The van der Waals surface area contributed by atoms with Crippen LogP contribution in [-0.2, 0) is 19.5 Å². The molecule has 1 heterocycles. The standard InChI is InChI=1S/C16H19NO3/c1-3-14-8-9-15(20-14)11-17(2)10-12-4-6-13(7-5-12)16(18)19/h4-9H,3,10-11H2,1-2H3,(H,18,19). The second-order valence-corrected chi connectivity index (χ2v) is 4.90. The van der Waals surface area contributed by atoms with Crippen LogP contribution in [0.5, 0.6) is 0 Å². The van der Waals surface area contributed by atoms with Crippen LogP contribution in [0.25, 0.3) is 0 Å². The van der Waals surface area contributed by atoms with Gasteiger partial charge in [0.15, 0.2) is 0 Å². The molecule has 0 aliphatic heterocycles. The molecule has 0 aliphatic rings. The number of aryl methyl sites for hydroxylation is 1. The van der Waals surface area contributed by atoms with E-state index in [1.165, 1.54) is 0 Å². The lowest BCUT2D eigenvalue weighted by Crippen LogP contribution is -2.16. The first-order chi connectivity index (χ1) is 9.58. The minimum absolute atomic E-state index is 0.315. The maximum atomic E-state index is 10.8. The van der Waals surface area contributed by atoms with Crippen LogP contribution in [-0.4, -0.2) is 23.0 Å². The summed E-state index contributed by atoms with van der Waals surface area (Å²) in [6.45, 7) is 3.55. The van der Waals surface area contributed by atoms with Gasteiger partial charge in [-0.2, -0.15) is 0 Å². The van der Waals surface area contributed by atoms with Crippen molar-refractivity contribution in [3.63, 3.8) is 0 Å². The second kappa shape index (κ2) is 6.39. The molecule has 1 aromatic carbocycles. The van der Waals surface area contributed by atoms with Crippen LogP contribution in [0.15, 0.2) is 40.8 Å². The van der Waals surface area contributed by atoms with Crippen molar-refractivity contribution in [2.45, 2.75) is 26.4 Å². The van der Waals surface area contributed by atoms with Crippen LogP contribution < -0.4 is 0 Å². The van der Waals surface area contributed by atoms with Gasteiger partial charge in [-0.15, -0.1) is 0 Å². The summed E-state index contributed by atoms with van der Waals surface area (Å²) < 4.78 is 5.67. The first-order valence-corrected chi connectivity index (χ1v) is 6.67. The number of rotatable bonds is 6. The molecule has 0 radical (unpaired) electrons. The fraction of sp³-hybridized carbons (Fsp3) is 0.312. The SMILES string of the molecule is CCc1ccc(CN(C)Cc2ccc(C(=O)O)cc2)o1. The number of furan rings is 1. The molecule has 0 saturated carbocycles. The van der Waals surface area contributed by atoms with E-state index in [1.807, 2.05) is 31.3 Å². The second-order valence-electron chi connectivity index (χ2n) is 4.90. The molecule has 4 heteroatoms. The number of hydrogen-bond acceptors (Lipinski definition) is 3. The van der Waals surface area contributed by atoms with Crippen molar-refractivity contribution in [1.29, 1.82) is 0 Å². The number of benzene rings is 1. The molecular formula is C16H19NO3. The van der Waals surface area contributed by atoms with Crippen molar-refractivity contribution in [2.75, 3.05) is 7.05 Å². The van der Waals surface area contributed by atoms with Crippen LogP contribution in [0.4, 0.5) is 0 Å². The fourth-order valence-corrected chi connectivity index (χ4v) is 2.08. The number of carboxylic acids is 1. The van der Waals surface area contributed by atoms with E-state index in [0.717, 1.165) is 36.6 Å². The summed E-state index contributed by atoms with van der Waals surface area (Å²) in [5, 5.41) is 8.86. The van der Waals surface area contributed by atoms with Gasteiger partial charge in [0.1, 0.15) is 11.5 Å². The lowest BCUT2D eigenvalue weighted by atomic mass is 10.1. The predicted molar refractivity (Wildman–Crippen MR) is 76.7 cm³/mol. The van der Waals surface area contributed by atoms with Gasteiger partial charge >= 0.3 is 5.97 Å². The zero-order valence-corrected chi connectivity index (χ0v) is 11.8. The Morgan fingerprint density at radius 1 is 1.10 bits per heavy atom. The Labute approximate surface area is 118 Å². The third-order valence-electron chi connectivity index (χ3n) is 3.14. The van der Waals surface area contributed by atoms with E-state index in [1.54, 1.807) is 12.1 Å². The highest BCUT2D eigenvalue weighted by molar-refractivity contribution is 5.87. The molecule has 2 aromatic rings. The number of nitrogens with zero attached hydrogens (tertiary/aromatic N) is 1. The molecular weight excluding hydrogens is 254 g/mol. The van der Waals surface area contributed by atoms with Crippen LogP contribution in [0.1, 0.15) is 34.4 Å². The lowest BCUT2D eigenvalue weighted by molar-refractivity contribution is 0.0697. The van der Waals surface area contributed by atoms with E-state index in [-0.39, 0.29) is 0 Å². The van der Waals surface area contributed by atoms with E-state index < -0.39 is 5.97 Å². The zero-order chi connectivity index (χ0) is 14.5. The van der Waals surface area contributed by atoms with Gasteiger partial charge in [-0.05, 0) is 36.9 Å². The van der Waals surface area contributed by atoms with Crippen molar-refractivity contribution in [3.05, 3.63) is 59.0 Å². The Balaban J connectivity index is 1.93. The summed E-state index contributed by atoms with van der Waals surface area (Å²) >= 11 is 0. The van der Waals surface area contributed by atoms with Crippen LogP contribution in [0.2, 0.25) is 0 Å². The first-order valence-electron chi connectivity index (χ1n) is 6.67. The normalized spacial score (nSPS) is 10.9. The molecule has 0 bridgehead atoms. The average Bonchev–Trinajstić information content (AvgIpc) is 2.86. The molecule has 0 fully saturated rings. The van der Waals surface area contributed by atoms with Gasteiger partial charge in [-0.25, -0.2) is 4.79 Å². The minimum Gasteiger partial charge on any atom is -0.478 e.